The van der Waals surface area contributed by atoms with Crippen LogP contribution in [0.2, 0.25) is 0 Å². The molecule has 4 aromatic carbocycles. The molecule has 0 aliphatic carbocycles. The smallest absolute Gasteiger partial charge is 0.340 e. The fourth-order valence-corrected chi connectivity index (χ4v) is 9.77. The molecular weight excluding hydrogens is 695 g/mol. The van der Waals surface area contributed by atoms with E-state index in [1.807, 2.05) is 30.3 Å². The van der Waals surface area contributed by atoms with E-state index in [4.69, 9.17) is 13.7 Å². The van der Waals surface area contributed by atoms with E-state index in [-0.39, 0.29) is 59.1 Å². The number of amides is 2. The first-order valence-corrected chi connectivity index (χ1v) is 19.5. The summed E-state index contributed by atoms with van der Waals surface area (Å²) in [5, 5.41) is 2.27. The molecular formula is C37H39N3O9S2. The second-order valence-electron chi connectivity index (χ2n) is 12.3. The van der Waals surface area contributed by atoms with Crippen molar-refractivity contribution in [1.82, 2.24) is 14.5 Å². The molecule has 1 N–H and O–H groups in total. The molecule has 2 heterocycles. The van der Waals surface area contributed by atoms with Gasteiger partial charge in [0.05, 0.1) is 24.3 Å². The first-order valence-electron chi connectivity index (χ1n) is 16.6. The number of ether oxygens (including phenoxy) is 2. The number of benzene rings is 4. The summed E-state index contributed by atoms with van der Waals surface area (Å²) in [6, 6.07) is 24.6. The molecule has 1 atom stereocenters. The number of imide groups is 1. The Kier molecular flexibility index (Phi) is 10.8. The monoisotopic (exact) mass is 733 g/mol. The summed E-state index contributed by atoms with van der Waals surface area (Å²) in [6.45, 7) is 5.86. The fraction of sp³-hybridized carbons (Fsp3) is 0.297. The molecule has 2 aliphatic rings. The molecule has 1 fully saturated rings. The third kappa shape index (κ3) is 7.94. The van der Waals surface area contributed by atoms with E-state index >= 15 is 0 Å². The number of rotatable bonds is 15. The summed E-state index contributed by atoms with van der Waals surface area (Å²) in [5.41, 5.74) is 2.35. The number of para-hydroxylation sites is 2. The van der Waals surface area contributed by atoms with Gasteiger partial charge >= 0.3 is 10.1 Å². The van der Waals surface area contributed by atoms with Gasteiger partial charge in [0.25, 0.3) is 11.8 Å². The van der Waals surface area contributed by atoms with Crippen molar-refractivity contribution < 1.29 is 40.1 Å². The van der Waals surface area contributed by atoms with Crippen LogP contribution in [0.4, 0.5) is 0 Å². The lowest BCUT2D eigenvalue weighted by molar-refractivity contribution is 0.0878. The van der Waals surface area contributed by atoms with Crippen LogP contribution < -0.4 is 19.0 Å². The zero-order chi connectivity index (χ0) is 36.2. The molecule has 4 aromatic rings. The van der Waals surface area contributed by atoms with Gasteiger partial charge in [-0.05, 0) is 60.9 Å². The Bertz CT molecular complexity index is 2140. The Morgan fingerprint density at radius 1 is 0.804 bits per heavy atom. The number of fused-ring (bicyclic) bond motifs is 1. The van der Waals surface area contributed by atoms with Crippen LogP contribution in [0.5, 0.6) is 17.2 Å². The van der Waals surface area contributed by atoms with Crippen molar-refractivity contribution in [2.45, 2.75) is 49.1 Å². The molecule has 1 saturated heterocycles. The molecule has 2 aliphatic heterocycles. The van der Waals surface area contributed by atoms with E-state index in [0.717, 1.165) is 11.1 Å². The molecule has 268 valence electrons. The highest BCUT2D eigenvalue weighted by Gasteiger charge is 2.38. The molecule has 0 radical (unpaired) electrons. The Morgan fingerprint density at radius 2 is 1.45 bits per heavy atom. The van der Waals surface area contributed by atoms with Crippen molar-refractivity contribution >= 4 is 32.0 Å². The van der Waals surface area contributed by atoms with Gasteiger partial charge in [-0.3, -0.25) is 19.8 Å². The van der Waals surface area contributed by atoms with Crippen molar-refractivity contribution in [3.05, 3.63) is 113 Å². The zero-order valence-electron chi connectivity index (χ0n) is 28.3. The van der Waals surface area contributed by atoms with Crippen molar-refractivity contribution in [2.75, 3.05) is 32.8 Å². The average Bonchev–Trinajstić information content (AvgIpc) is 3.68. The standard InChI is InChI=1S/C37H39N3O9S2/c1-3-40(28-18-19-39(25-28)24-27-12-5-4-6-13-27)50(43,44)33-16-9-10-17-34(33)51(45,46)49-31-15-8-7-14-30(31)47-20-11-21-48-32-23-26(2)22-29-35(32)37(42)38-36(29)41/h4-10,12-17,22-23,28H,3,11,18-21,24-25H2,1-2H3,(H,38,41,42). The highest BCUT2D eigenvalue weighted by atomic mass is 32.2. The molecule has 0 aromatic heterocycles. The van der Waals surface area contributed by atoms with E-state index < -0.39 is 36.9 Å². The van der Waals surface area contributed by atoms with E-state index in [2.05, 4.69) is 10.2 Å². The second kappa shape index (κ2) is 15.2. The number of sulfonamides is 1. The first-order chi connectivity index (χ1) is 24.5. The third-order valence-electron chi connectivity index (χ3n) is 8.72. The quantitative estimate of drug-likeness (QED) is 0.103. The number of hydrogen-bond acceptors (Lipinski definition) is 10. The predicted octanol–water partition coefficient (Wildman–Crippen LogP) is 4.78. The topological polar surface area (TPSA) is 149 Å². The Hall–Kier alpha value is -4.76. The number of likely N-dealkylation sites (N-methyl/N-ethyl adjacent to an activating group) is 1. The number of carbonyl (C=O) groups excluding carboxylic acids is 2. The minimum atomic E-state index is -4.64. The lowest BCUT2D eigenvalue weighted by atomic mass is 10.1. The summed E-state index contributed by atoms with van der Waals surface area (Å²) < 4.78 is 74.4. The highest BCUT2D eigenvalue weighted by Crippen LogP contribution is 2.34. The van der Waals surface area contributed by atoms with Crippen LogP contribution in [0.25, 0.3) is 0 Å². The summed E-state index contributed by atoms with van der Waals surface area (Å²) in [4.78, 5) is 25.7. The third-order valence-corrected chi connectivity index (χ3v) is 12.2. The number of nitrogens with one attached hydrogen (secondary N) is 1. The maximum Gasteiger partial charge on any atom is 0.340 e. The van der Waals surface area contributed by atoms with Crippen molar-refractivity contribution in [1.29, 1.82) is 0 Å². The van der Waals surface area contributed by atoms with Gasteiger partial charge < -0.3 is 13.7 Å². The van der Waals surface area contributed by atoms with Gasteiger partial charge in [0.2, 0.25) is 10.0 Å². The molecule has 0 bridgehead atoms. The lowest BCUT2D eigenvalue weighted by Gasteiger charge is -2.28. The van der Waals surface area contributed by atoms with Crippen LogP contribution in [-0.2, 0) is 26.7 Å². The van der Waals surface area contributed by atoms with Crippen molar-refractivity contribution in [3.8, 4) is 17.2 Å². The Labute approximate surface area is 298 Å². The highest BCUT2D eigenvalue weighted by molar-refractivity contribution is 7.91. The van der Waals surface area contributed by atoms with Gasteiger partial charge in [0.1, 0.15) is 15.5 Å². The Morgan fingerprint density at radius 3 is 2.18 bits per heavy atom. The van der Waals surface area contributed by atoms with Gasteiger partial charge in [-0.15, -0.1) is 0 Å². The SMILES string of the molecule is CCN(C1CCN(Cc2ccccc2)C1)S(=O)(=O)c1ccccc1S(=O)(=O)Oc1ccccc1OCCCOc1cc(C)cc2c1C(=O)NC2=O. The van der Waals surface area contributed by atoms with Crippen LogP contribution in [0, 0.1) is 6.92 Å². The second-order valence-corrected chi connectivity index (χ2v) is 15.7. The number of nitrogens with zero attached hydrogens (tertiary/aromatic N) is 2. The van der Waals surface area contributed by atoms with E-state index in [1.54, 1.807) is 38.1 Å². The summed E-state index contributed by atoms with van der Waals surface area (Å²) in [5.74, 6) is -0.689. The van der Waals surface area contributed by atoms with Crippen molar-refractivity contribution in [2.24, 2.45) is 0 Å². The van der Waals surface area contributed by atoms with Gasteiger partial charge in [-0.2, -0.15) is 12.7 Å². The predicted molar refractivity (Wildman–Crippen MR) is 189 cm³/mol. The maximum absolute atomic E-state index is 14.1. The van der Waals surface area contributed by atoms with E-state index in [9.17, 15) is 26.4 Å². The van der Waals surface area contributed by atoms with E-state index in [1.165, 1.54) is 40.7 Å². The number of carbonyl (C=O) groups is 2. The molecule has 0 saturated carbocycles. The Balaban J connectivity index is 1.12. The van der Waals surface area contributed by atoms with E-state index in [0.29, 0.717) is 32.5 Å². The number of hydrogen-bond donors (Lipinski definition) is 1. The lowest BCUT2D eigenvalue weighted by Crippen LogP contribution is -2.42. The summed E-state index contributed by atoms with van der Waals surface area (Å²) in [7, 11) is -8.89. The normalized spacial score (nSPS) is 16.3. The average molecular weight is 734 g/mol. The van der Waals surface area contributed by atoms with Crippen LogP contribution in [-0.4, -0.2) is 76.7 Å². The van der Waals surface area contributed by atoms with Gasteiger partial charge in [0, 0.05) is 38.6 Å². The van der Waals surface area contributed by atoms with Crippen molar-refractivity contribution in [3.63, 3.8) is 0 Å². The van der Waals surface area contributed by atoms with Crippen LogP contribution in [0.3, 0.4) is 0 Å². The molecule has 2 amide bonds. The molecule has 1 unspecified atom stereocenters. The number of likely N-dealkylation sites (tertiary alicyclic amines) is 1. The van der Waals surface area contributed by atoms with Crippen LogP contribution in [0.1, 0.15) is 51.6 Å². The molecule has 51 heavy (non-hydrogen) atoms. The van der Waals surface area contributed by atoms with Gasteiger partial charge in [0.15, 0.2) is 11.5 Å². The molecule has 6 rings (SSSR count). The van der Waals surface area contributed by atoms with Gasteiger partial charge in [-0.25, -0.2) is 8.42 Å². The largest absolute Gasteiger partial charge is 0.493 e. The molecule has 0 spiro atoms. The molecule has 14 heteroatoms. The minimum absolute atomic E-state index is 0.0959. The summed E-state index contributed by atoms with van der Waals surface area (Å²) >= 11 is 0. The maximum atomic E-state index is 14.1. The number of aryl methyl sites for hydroxylation is 1. The minimum Gasteiger partial charge on any atom is -0.493 e. The van der Waals surface area contributed by atoms with Crippen LogP contribution >= 0.6 is 0 Å². The molecule has 12 nitrogen and oxygen atoms in total. The van der Waals surface area contributed by atoms with Crippen LogP contribution in [0.15, 0.2) is 101 Å². The summed E-state index contributed by atoms with van der Waals surface area (Å²) in [6.07, 6.45) is 0.959. The zero-order valence-corrected chi connectivity index (χ0v) is 29.9. The first kappa shape index (κ1) is 36.0. The fourth-order valence-electron chi connectivity index (χ4n) is 6.39. The van der Waals surface area contributed by atoms with Gasteiger partial charge in [-0.1, -0.05) is 61.5 Å².